The Balaban J connectivity index is 1.78. The molecule has 1 unspecified atom stereocenters. The summed E-state index contributed by atoms with van der Waals surface area (Å²) in [6.45, 7) is 0.317. The summed E-state index contributed by atoms with van der Waals surface area (Å²) in [4.78, 5) is 8.13. The van der Waals surface area contributed by atoms with Crippen LogP contribution in [0.25, 0.3) is 11.0 Å². The monoisotopic (exact) mass is 289 g/mol. The molecule has 0 amide bonds. The van der Waals surface area contributed by atoms with Crippen LogP contribution in [0.5, 0.6) is 0 Å². The lowest BCUT2D eigenvalue weighted by atomic mass is 10.1. The van der Waals surface area contributed by atoms with Crippen LogP contribution in [0.2, 0.25) is 5.28 Å². The zero-order valence-electron chi connectivity index (χ0n) is 10.4. The van der Waals surface area contributed by atoms with E-state index in [0.29, 0.717) is 18.0 Å². The highest BCUT2D eigenvalue weighted by Crippen LogP contribution is 2.21. The summed E-state index contributed by atoms with van der Waals surface area (Å²) in [6.07, 6.45) is 0.981. The number of aliphatic hydroxyl groups excluding tert-OH is 1. The van der Waals surface area contributed by atoms with Gasteiger partial charge in [-0.1, -0.05) is 30.3 Å². The van der Waals surface area contributed by atoms with E-state index >= 15 is 0 Å². The first-order chi connectivity index (χ1) is 9.74. The Kier molecular flexibility index (Phi) is 3.49. The quantitative estimate of drug-likeness (QED) is 0.641. The number of H-pyrrole nitrogens is 1. The van der Waals surface area contributed by atoms with Crippen molar-refractivity contribution in [2.45, 2.75) is 6.10 Å². The molecule has 7 heteroatoms. The van der Waals surface area contributed by atoms with Crippen molar-refractivity contribution in [1.82, 2.24) is 20.2 Å². The van der Waals surface area contributed by atoms with Crippen LogP contribution in [0.15, 0.2) is 36.5 Å². The zero-order chi connectivity index (χ0) is 13.9. The average Bonchev–Trinajstić information content (AvgIpc) is 2.93. The molecule has 6 nitrogen and oxygen atoms in total. The zero-order valence-corrected chi connectivity index (χ0v) is 11.2. The molecule has 0 saturated carbocycles. The fourth-order valence-corrected chi connectivity index (χ4v) is 2.10. The Morgan fingerprint density at radius 2 is 2.05 bits per heavy atom. The summed E-state index contributed by atoms with van der Waals surface area (Å²) in [5.74, 6) is 0.545. The molecule has 3 N–H and O–H groups in total. The highest BCUT2D eigenvalue weighted by Gasteiger charge is 2.11. The maximum absolute atomic E-state index is 10.1. The standard InChI is InChI=1S/C13H12ClN5O/c14-13-17-11(9-6-16-19-12(9)18-13)15-7-10(20)8-4-2-1-3-5-8/h1-6,10,20H,7H2,(H2,15,16,17,18,19). The van der Waals surface area contributed by atoms with E-state index < -0.39 is 6.10 Å². The van der Waals surface area contributed by atoms with Crippen LogP contribution in [0.3, 0.4) is 0 Å². The van der Waals surface area contributed by atoms with Gasteiger partial charge in [-0.05, 0) is 17.2 Å². The molecule has 2 aromatic heterocycles. The van der Waals surface area contributed by atoms with E-state index in [4.69, 9.17) is 11.6 Å². The van der Waals surface area contributed by atoms with Gasteiger partial charge in [-0.15, -0.1) is 0 Å². The summed E-state index contributed by atoms with van der Waals surface area (Å²) in [5.41, 5.74) is 1.39. The van der Waals surface area contributed by atoms with E-state index in [2.05, 4.69) is 25.5 Å². The van der Waals surface area contributed by atoms with Crippen molar-refractivity contribution >= 4 is 28.5 Å². The summed E-state index contributed by atoms with van der Waals surface area (Å²) >= 11 is 5.84. The van der Waals surface area contributed by atoms with Gasteiger partial charge in [0.25, 0.3) is 0 Å². The van der Waals surface area contributed by atoms with Crippen molar-refractivity contribution in [2.75, 3.05) is 11.9 Å². The van der Waals surface area contributed by atoms with Crippen molar-refractivity contribution in [3.05, 3.63) is 47.4 Å². The van der Waals surface area contributed by atoms with E-state index in [0.717, 1.165) is 10.9 Å². The molecule has 3 aromatic rings. The van der Waals surface area contributed by atoms with Crippen LogP contribution in [-0.4, -0.2) is 31.8 Å². The van der Waals surface area contributed by atoms with Gasteiger partial charge >= 0.3 is 0 Å². The Labute approximate surface area is 119 Å². The number of aromatic amines is 1. The molecule has 0 saturated heterocycles. The summed E-state index contributed by atoms with van der Waals surface area (Å²) in [5, 5.41) is 20.7. The van der Waals surface area contributed by atoms with Crippen molar-refractivity contribution < 1.29 is 5.11 Å². The molecular weight excluding hydrogens is 278 g/mol. The second-order valence-corrected chi connectivity index (χ2v) is 4.62. The highest BCUT2D eigenvalue weighted by atomic mass is 35.5. The number of anilines is 1. The number of nitrogens with zero attached hydrogens (tertiary/aromatic N) is 3. The van der Waals surface area contributed by atoms with Gasteiger partial charge in [0.05, 0.1) is 17.7 Å². The maximum Gasteiger partial charge on any atom is 0.226 e. The number of nitrogens with one attached hydrogen (secondary N) is 2. The predicted molar refractivity (Wildman–Crippen MR) is 76.6 cm³/mol. The molecule has 0 radical (unpaired) electrons. The Bertz CT molecular complexity index is 715. The molecule has 2 heterocycles. The summed E-state index contributed by atoms with van der Waals surface area (Å²) in [7, 11) is 0. The fraction of sp³-hybridized carbons (Fsp3) is 0.154. The van der Waals surface area contributed by atoms with Gasteiger partial charge in [-0.3, -0.25) is 5.10 Å². The Morgan fingerprint density at radius 1 is 1.25 bits per heavy atom. The molecule has 0 bridgehead atoms. The number of aliphatic hydroxyl groups is 1. The largest absolute Gasteiger partial charge is 0.387 e. The van der Waals surface area contributed by atoms with Crippen LogP contribution in [0, 0.1) is 0 Å². The minimum absolute atomic E-state index is 0.124. The summed E-state index contributed by atoms with van der Waals surface area (Å²) < 4.78 is 0. The normalized spacial score (nSPS) is 12.5. The van der Waals surface area contributed by atoms with Crippen molar-refractivity contribution in [3.8, 4) is 0 Å². The van der Waals surface area contributed by atoms with Crippen LogP contribution < -0.4 is 5.32 Å². The lowest BCUT2D eigenvalue weighted by Gasteiger charge is -2.13. The molecule has 102 valence electrons. The molecule has 0 fully saturated rings. The lowest BCUT2D eigenvalue weighted by molar-refractivity contribution is 0.191. The van der Waals surface area contributed by atoms with Gasteiger partial charge < -0.3 is 10.4 Å². The van der Waals surface area contributed by atoms with E-state index in [1.807, 2.05) is 30.3 Å². The van der Waals surface area contributed by atoms with Crippen LogP contribution in [-0.2, 0) is 0 Å². The topological polar surface area (TPSA) is 86.7 Å². The lowest BCUT2D eigenvalue weighted by Crippen LogP contribution is -2.13. The van der Waals surface area contributed by atoms with Crippen LogP contribution >= 0.6 is 11.6 Å². The van der Waals surface area contributed by atoms with E-state index in [1.54, 1.807) is 6.20 Å². The SMILES string of the molecule is OC(CNc1nc(Cl)nc2[nH]ncc12)c1ccccc1. The Hall–Kier alpha value is -2.18. The fourth-order valence-electron chi connectivity index (χ4n) is 1.93. The first-order valence-electron chi connectivity index (χ1n) is 6.07. The van der Waals surface area contributed by atoms with Gasteiger partial charge in [0.2, 0.25) is 5.28 Å². The predicted octanol–water partition coefficient (Wildman–Crippen LogP) is 2.15. The molecule has 0 spiro atoms. The van der Waals surface area contributed by atoms with Gasteiger partial charge in [-0.25, -0.2) is 0 Å². The van der Waals surface area contributed by atoms with Gasteiger partial charge in [-0.2, -0.15) is 15.1 Å². The van der Waals surface area contributed by atoms with Crippen LogP contribution in [0.4, 0.5) is 5.82 Å². The number of benzene rings is 1. The third-order valence-corrected chi connectivity index (χ3v) is 3.10. The molecule has 0 aliphatic carbocycles. The maximum atomic E-state index is 10.1. The third kappa shape index (κ3) is 2.56. The van der Waals surface area contributed by atoms with Gasteiger partial charge in [0, 0.05) is 6.54 Å². The van der Waals surface area contributed by atoms with Crippen molar-refractivity contribution in [2.24, 2.45) is 0 Å². The average molecular weight is 290 g/mol. The summed E-state index contributed by atoms with van der Waals surface area (Å²) in [6, 6.07) is 9.41. The number of hydrogen-bond acceptors (Lipinski definition) is 5. The number of hydrogen-bond donors (Lipinski definition) is 3. The van der Waals surface area contributed by atoms with E-state index in [1.165, 1.54) is 0 Å². The van der Waals surface area contributed by atoms with Crippen molar-refractivity contribution in [1.29, 1.82) is 0 Å². The second kappa shape index (κ2) is 5.44. The van der Waals surface area contributed by atoms with E-state index in [-0.39, 0.29) is 5.28 Å². The third-order valence-electron chi connectivity index (χ3n) is 2.93. The number of halogens is 1. The molecule has 3 rings (SSSR count). The van der Waals surface area contributed by atoms with Crippen LogP contribution in [0.1, 0.15) is 11.7 Å². The molecule has 0 aliphatic heterocycles. The number of fused-ring (bicyclic) bond motifs is 1. The molecule has 20 heavy (non-hydrogen) atoms. The van der Waals surface area contributed by atoms with Gasteiger partial charge in [0.1, 0.15) is 5.82 Å². The minimum Gasteiger partial charge on any atom is -0.387 e. The van der Waals surface area contributed by atoms with Crippen molar-refractivity contribution in [3.63, 3.8) is 0 Å². The molecule has 1 aromatic carbocycles. The first kappa shape index (κ1) is 12.8. The molecular formula is C13H12ClN5O. The number of rotatable bonds is 4. The molecule has 1 atom stereocenters. The number of aromatic nitrogens is 4. The smallest absolute Gasteiger partial charge is 0.226 e. The minimum atomic E-state index is -0.633. The van der Waals surface area contributed by atoms with E-state index in [9.17, 15) is 5.11 Å². The second-order valence-electron chi connectivity index (χ2n) is 4.28. The molecule has 0 aliphatic rings. The highest BCUT2D eigenvalue weighted by molar-refractivity contribution is 6.28. The van der Waals surface area contributed by atoms with Gasteiger partial charge in [0.15, 0.2) is 5.65 Å². The Morgan fingerprint density at radius 3 is 2.85 bits per heavy atom. The first-order valence-corrected chi connectivity index (χ1v) is 6.45.